The minimum absolute atomic E-state index is 0.0381. The molecule has 0 aliphatic heterocycles. The van der Waals surface area contributed by atoms with Crippen LogP contribution in [0.5, 0.6) is 0 Å². The summed E-state index contributed by atoms with van der Waals surface area (Å²) >= 11 is 0. The van der Waals surface area contributed by atoms with Crippen LogP contribution in [-0.4, -0.2) is 26.0 Å². The predicted molar refractivity (Wildman–Crippen MR) is 90.8 cm³/mol. The van der Waals surface area contributed by atoms with Crippen LogP contribution in [0.2, 0.25) is 0 Å². The number of H-pyrrole nitrogens is 1. The molecule has 0 fully saturated rings. The highest BCUT2D eigenvalue weighted by atomic mass is 16.5. The summed E-state index contributed by atoms with van der Waals surface area (Å²) in [6, 6.07) is 11.7. The Bertz CT molecular complexity index is 1010. The van der Waals surface area contributed by atoms with E-state index < -0.39 is 5.91 Å². The Balaban J connectivity index is 1.44. The van der Waals surface area contributed by atoms with Crippen LogP contribution in [0.1, 0.15) is 27.6 Å². The van der Waals surface area contributed by atoms with Gasteiger partial charge in [0.2, 0.25) is 0 Å². The normalized spacial score (nSPS) is 10.9. The number of aromatic nitrogens is 4. The first-order valence-electron chi connectivity index (χ1n) is 7.84. The van der Waals surface area contributed by atoms with E-state index in [0.29, 0.717) is 18.8 Å². The van der Waals surface area contributed by atoms with Crippen LogP contribution >= 0.6 is 0 Å². The average molecular weight is 333 g/mol. The van der Waals surface area contributed by atoms with E-state index in [-0.39, 0.29) is 5.89 Å². The number of aromatic amines is 1. The molecule has 3 heterocycles. The minimum Gasteiger partial charge on any atom is -0.361 e. The summed E-state index contributed by atoms with van der Waals surface area (Å²) in [4.78, 5) is 23.4. The standard InChI is InChI=1S/C18H15N5O2/c24-17(21-10-12-5-7-19-8-6-12)18-22-16(23-25-18)9-13-11-20-15-4-2-1-3-14(13)15/h1-8,11,20H,9-10H2,(H,21,24). The van der Waals surface area contributed by atoms with E-state index in [1.54, 1.807) is 12.4 Å². The lowest BCUT2D eigenvalue weighted by atomic mass is 10.1. The highest BCUT2D eigenvalue weighted by Gasteiger charge is 2.16. The fraction of sp³-hybridized carbons (Fsp3) is 0.111. The Hall–Kier alpha value is -3.48. The molecule has 0 spiro atoms. The molecule has 7 nitrogen and oxygen atoms in total. The zero-order chi connectivity index (χ0) is 17.1. The van der Waals surface area contributed by atoms with Crippen LogP contribution in [0.3, 0.4) is 0 Å². The summed E-state index contributed by atoms with van der Waals surface area (Å²) in [5, 5.41) is 7.76. The Morgan fingerprint density at radius 1 is 1.16 bits per heavy atom. The Morgan fingerprint density at radius 3 is 2.88 bits per heavy atom. The minimum atomic E-state index is -0.394. The van der Waals surface area contributed by atoms with Crippen LogP contribution in [0.4, 0.5) is 0 Å². The van der Waals surface area contributed by atoms with Gasteiger partial charge < -0.3 is 14.8 Å². The molecule has 124 valence electrons. The lowest BCUT2D eigenvalue weighted by Gasteiger charge is -2.01. The van der Waals surface area contributed by atoms with Crippen molar-refractivity contribution in [3.8, 4) is 0 Å². The first-order valence-corrected chi connectivity index (χ1v) is 7.84. The zero-order valence-electron chi connectivity index (χ0n) is 13.3. The number of fused-ring (bicyclic) bond motifs is 1. The third kappa shape index (κ3) is 3.25. The van der Waals surface area contributed by atoms with Crippen molar-refractivity contribution in [1.29, 1.82) is 0 Å². The zero-order valence-corrected chi connectivity index (χ0v) is 13.3. The number of benzene rings is 1. The maximum absolute atomic E-state index is 12.1. The van der Waals surface area contributed by atoms with Crippen molar-refractivity contribution in [2.45, 2.75) is 13.0 Å². The van der Waals surface area contributed by atoms with Gasteiger partial charge in [-0.2, -0.15) is 4.98 Å². The van der Waals surface area contributed by atoms with Gasteiger partial charge in [0.25, 0.3) is 0 Å². The van der Waals surface area contributed by atoms with E-state index in [1.165, 1.54) is 0 Å². The molecule has 0 unspecified atom stereocenters. The van der Waals surface area contributed by atoms with Gasteiger partial charge in [0.1, 0.15) is 0 Å². The summed E-state index contributed by atoms with van der Waals surface area (Å²) in [6.45, 7) is 0.377. The SMILES string of the molecule is O=C(NCc1ccncc1)c1nc(Cc2c[nH]c3ccccc23)no1. The second kappa shape index (κ2) is 6.56. The largest absolute Gasteiger partial charge is 0.361 e. The van der Waals surface area contributed by atoms with Crippen LogP contribution in [0, 0.1) is 0 Å². The third-order valence-corrected chi connectivity index (χ3v) is 3.89. The van der Waals surface area contributed by atoms with Crippen molar-refractivity contribution in [3.05, 3.63) is 77.8 Å². The Kier molecular flexibility index (Phi) is 3.96. The van der Waals surface area contributed by atoms with Gasteiger partial charge in [-0.15, -0.1) is 0 Å². The number of hydrogen-bond acceptors (Lipinski definition) is 5. The summed E-state index contributed by atoms with van der Waals surface area (Å²) in [5.41, 5.74) is 3.05. The summed E-state index contributed by atoms with van der Waals surface area (Å²) < 4.78 is 5.08. The fourth-order valence-corrected chi connectivity index (χ4v) is 2.62. The van der Waals surface area contributed by atoms with Crippen LogP contribution in [0.25, 0.3) is 10.9 Å². The van der Waals surface area contributed by atoms with Gasteiger partial charge in [-0.3, -0.25) is 9.78 Å². The predicted octanol–water partition coefficient (Wildman–Crippen LogP) is 2.47. The van der Waals surface area contributed by atoms with Gasteiger partial charge in [0.05, 0.1) is 0 Å². The Labute approximate surface area is 143 Å². The molecule has 0 aliphatic rings. The van der Waals surface area contributed by atoms with Crippen LogP contribution in [-0.2, 0) is 13.0 Å². The molecule has 0 saturated heterocycles. The van der Waals surface area contributed by atoms with Crippen molar-refractivity contribution in [2.24, 2.45) is 0 Å². The molecule has 1 amide bonds. The van der Waals surface area contributed by atoms with Crippen molar-refractivity contribution in [2.75, 3.05) is 0 Å². The number of carbonyl (C=O) groups excluding carboxylic acids is 1. The van der Waals surface area contributed by atoms with E-state index >= 15 is 0 Å². The van der Waals surface area contributed by atoms with Crippen molar-refractivity contribution >= 4 is 16.8 Å². The number of nitrogens with one attached hydrogen (secondary N) is 2. The van der Waals surface area contributed by atoms with Crippen molar-refractivity contribution in [3.63, 3.8) is 0 Å². The van der Waals surface area contributed by atoms with E-state index in [4.69, 9.17) is 4.52 Å². The quantitative estimate of drug-likeness (QED) is 0.585. The lowest BCUT2D eigenvalue weighted by molar-refractivity contribution is 0.0907. The van der Waals surface area contributed by atoms with Gasteiger partial charge in [-0.05, 0) is 29.3 Å². The number of pyridine rings is 1. The molecule has 0 aliphatic carbocycles. The topological polar surface area (TPSA) is 96.7 Å². The smallest absolute Gasteiger partial charge is 0.315 e. The molecule has 25 heavy (non-hydrogen) atoms. The maximum atomic E-state index is 12.1. The highest BCUT2D eigenvalue weighted by Crippen LogP contribution is 2.19. The van der Waals surface area contributed by atoms with Crippen molar-refractivity contribution < 1.29 is 9.32 Å². The van der Waals surface area contributed by atoms with Gasteiger partial charge in [-0.25, -0.2) is 0 Å². The molecular weight excluding hydrogens is 318 g/mol. The van der Waals surface area contributed by atoms with Gasteiger partial charge in [0, 0.05) is 42.5 Å². The number of nitrogens with zero attached hydrogens (tertiary/aromatic N) is 3. The molecule has 7 heteroatoms. The van der Waals surface area contributed by atoms with E-state index in [1.807, 2.05) is 42.6 Å². The monoisotopic (exact) mass is 333 g/mol. The number of amides is 1. The molecule has 0 bridgehead atoms. The number of hydrogen-bond donors (Lipinski definition) is 2. The molecule has 0 atom stereocenters. The highest BCUT2D eigenvalue weighted by molar-refractivity contribution is 5.89. The molecule has 1 aromatic carbocycles. The molecule has 0 radical (unpaired) electrons. The summed E-state index contributed by atoms with van der Waals surface area (Å²) in [5.74, 6) is 0.0391. The second-order valence-electron chi connectivity index (χ2n) is 5.59. The Morgan fingerprint density at radius 2 is 2.00 bits per heavy atom. The third-order valence-electron chi connectivity index (χ3n) is 3.89. The number of carbonyl (C=O) groups is 1. The molecule has 2 N–H and O–H groups in total. The molecule has 4 aromatic rings. The summed E-state index contributed by atoms with van der Waals surface area (Å²) in [6.07, 6.45) is 5.76. The van der Waals surface area contributed by atoms with E-state index in [2.05, 4.69) is 25.4 Å². The maximum Gasteiger partial charge on any atom is 0.315 e. The van der Waals surface area contributed by atoms with Crippen molar-refractivity contribution in [1.82, 2.24) is 25.4 Å². The van der Waals surface area contributed by atoms with Gasteiger partial charge in [0.15, 0.2) is 5.82 Å². The van der Waals surface area contributed by atoms with Crippen LogP contribution < -0.4 is 5.32 Å². The lowest BCUT2D eigenvalue weighted by Crippen LogP contribution is -2.23. The van der Waals surface area contributed by atoms with Crippen LogP contribution in [0.15, 0.2) is 59.5 Å². The first-order chi connectivity index (χ1) is 12.3. The molecular formula is C18H15N5O2. The number of rotatable bonds is 5. The first kappa shape index (κ1) is 15.1. The number of para-hydroxylation sites is 1. The van der Waals surface area contributed by atoms with E-state index in [9.17, 15) is 4.79 Å². The van der Waals surface area contributed by atoms with E-state index in [0.717, 1.165) is 22.0 Å². The summed E-state index contributed by atoms with van der Waals surface area (Å²) in [7, 11) is 0. The molecule has 4 rings (SSSR count). The van der Waals surface area contributed by atoms with Gasteiger partial charge in [-0.1, -0.05) is 23.4 Å². The molecule has 0 saturated carbocycles. The molecule has 3 aromatic heterocycles. The fourth-order valence-electron chi connectivity index (χ4n) is 2.62. The second-order valence-corrected chi connectivity index (χ2v) is 5.59. The average Bonchev–Trinajstić information content (AvgIpc) is 3.29. The van der Waals surface area contributed by atoms with Gasteiger partial charge >= 0.3 is 11.8 Å².